The second kappa shape index (κ2) is 6.92. The van der Waals surface area contributed by atoms with Crippen LogP contribution in [0.25, 0.3) is 0 Å². The van der Waals surface area contributed by atoms with Crippen molar-refractivity contribution < 1.29 is 9.53 Å². The lowest BCUT2D eigenvalue weighted by molar-refractivity contribution is 0.0904. The average molecular weight is 364 g/mol. The third-order valence-corrected chi connectivity index (χ3v) is 6.48. The Morgan fingerprint density at radius 1 is 1.46 bits per heavy atom. The van der Waals surface area contributed by atoms with E-state index in [-0.39, 0.29) is 5.91 Å². The molecule has 2 aliphatic rings. The Morgan fingerprint density at radius 2 is 2.38 bits per heavy atom. The number of aryl methyl sites for hydroxylation is 1. The van der Waals surface area contributed by atoms with Gasteiger partial charge in [0.25, 0.3) is 5.91 Å². The molecular weight excluding hydrogens is 342 g/mol. The average Bonchev–Trinajstić information content (AvgIpc) is 3.30. The summed E-state index contributed by atoms with van der Waals surface area (Å²) < 4.78 is 5.98. The van der Waals surface area contributed by atoms with Crippen molar-refractivity contribution in [2.24, 2.45) is 11.8 Å². The molecule has 2 fully saturated rings. The molecule has 0 radical (unpaired) electrons. The summed E-state index contributed by atoms with van der Waals surface area (Å²) in [6, 6.07) is 1.86. The van der Waals surface area contributed by atoms with Gasteiger partial charge in [-0.15, -0.1) is 11.3 Å². The number of fused-ring (bicyclic) bond motifs is 1. The largest absolute Gasteiger partial charge is 0.376 e. The smallest absolute Gasteiger partial charge is 0.252 e. The number of ether oxygens (including phenoxy) is 1. The molecule has 1 amide bonds. The number of thiazole rings is 1. The van der Waals surface area contributed by atoms with Crippen molar-refractivity contribution >= 4 is 28.6 Å². The van der Waals surface area contributed by atoms with Crippen molar-refractivity contribution in [1.29, 1.82) is 0 Å². The zero-order valence-electron chi connectivity index (χ0n) is 13.6. The molecule has 4 rings (SSSR count). The van der Waals surface area contributed by atoms with E-state index in [2.05, 4.69) is 20.6 Å². The van der Waals surface area contributed by atoms with Crippen LogP contribution in [0.2, 0.25) is 0 Å². The summed E-state index contributed by atoms with van der Waals surface area (Å²) in [6.45, 7) is 6.39. The highest BCUT2D eigenvalue weighted by atomic mass is 32.1. The number of nitrogens with one attached hydrogen (secondary N) is 1. The van der Waals surface area contributed by atoms with Crippen molar-refractivity contribution in [3.8, 4) is 0 Å². The molecule has 0 aliphatic carbocycles. The summed E-state index contributed by atoms with van der Waals surface area (Å²) in [4.78, 5) is 19.1. The van der Waals surface area contributed by atoms with E-state index >= 15 is 0 Å². The Labute approximate surface area is 149 Å². The zero-order chi connectivity index (χ0) is 16.5. The molecule has 4 heterocycles. The van der Waals surface area contributed by atoms with E-state index in [1.54, 1.807) is 22.7 Å². The summed E-state index contributed by atoms with van der Waals surface area (Å²) >= 11 is 3.28. The summed E-state index contributed by atoms with van der Waals surface area (Å²) in [5.74, 6) is 0.933. The number of rotatable bonds is 5. The lowest BCUT2D eigenvalue weighted by Crippen LogP contribution is -2.34. The predicted octanol–water partition coefficient (Wildman–Crippen LogP) is 2.39. The number of carbonyl (C=O) groups excluding carboxylic acids is 1. The van der Waals surface area contributed by atoms with Gasteiger partial charge in [-0.05, 0) is 18.4 Å². The highest BCUT2D eigenvalue weighted by Gasteiger charge is 2.43. The van der Waals surface area contributed by atoms with Gasteiger partial charge in [0.1, 0.15) is 5.01 Å². The molecule has 0 bridgehead atoms. The number of nitrogens with zero attached hydrogens (tertiary/aromatic N) is 2. The Hall–Kier alpha value is -1.28. The third-order valence-electron chi connectivity index (χ3n) is 4.85. The topological polar surface area (TPSA) is 54.5 Å². The van der Waals surface area contributed by atoms with Crippen molar-refractivity contribution in [2.75, 3.05) is 26.2 Å². The van der Waals surface area contributed by atoms with Gasteiger partial charge in [-0.2, -0.15) is 11.3 Å². The molecule has 0 aromatic carbocycles. The minimum atomic E-state index is 0.0211. The molecule has 2 aromatic heterocycles. The van der Waals surface area contributed by atoms with Crippen molar-refractivity contribution in [2.45, 2.75) is 19.6 Å². The van der Waals surface area contributed by atoms with Crippen LogP contribution in [-0.4, -0.2) is 48.1 Å². The van der Waals surface area contributed by atoms with Gasteiger partial charge in [0, 0.05) is 53.5 Å². The van der Waals surface area contributed by atoms with E-state index in [1.165, 1.54) is 5.01 Å². The lowest BCUT2D eigenvalue weighted by atomic mass is 9.93. The maximum absolute atomic E-state index is 12.1. The van der Waals surface area contributed by atoms with E-state index < -0.39 is 0 Å². The van der Waals surface area contributed by atoms with E-state index in [9.17, 15) is 4.79 Å². The fraction of sp³-hybridized carbons (Fsp3) is 0.529. The van der Waals surface area contributed by atoms with Gasteiger partial charge in [-0.3, -0.25) is 9.69 Å². The molecule has 7 heteroatoms. The van der Waals surface area contributed by atoms with Gasteiger partial charge in [0.15, 0.2) is 0 Å². The van der Waals surface area contributed by atoms with E-state index in [4.69, 9.17) is 4.74 Å². The molecule has 3 atom stereocenters. The van der Waals surface area contributed by atoms with Crippen molar-refractivity contribution in [1.82, 2.24) is 15.2 Å². The first-order chi connectivity index (χ1) is 11.7. The van der Waals surface area contributed by atoms with Gasteiger partial charge in [0.2, 0.25) is 0 Å². The fourth-order valence-corrected chi connectivity index (χ4v) is 5.05. The van der Waals surface area contributed by atoms with Gasteiger partial charge in [-0.25, -0.2) is 4.98 Å². The molecule has 128 valence electrons. The van der Waals surface area contributed by atoms with Crippen LogP contribution in [0, 0.1) is 18.8 Å². The van der Waals surface area contributed by atoms with Crippen molar-refractivity contribution in [3.05, 3.63) is 38.5 Å². The Balaban J connectivity index is 1.30. The van der Waals surface area contributed by atoms with Crippen molar-refractivity contribution in [3.63, 3.8) is 0 Å². The molecule has 1 N–H and O–H groups in total. The van der Waals surface area contributed by atoms with Crippen LogP contribution >= 0.6 is 22.7 Å². The maximum Gasteiger partial charge on any atom is 0.252 e. The maximum atomic E-state index is 12.1. The summed E-state index contributed by atoms with van der Waals surface area (Å²) in [5, 5.41) is 10.2. The number of amides is 1. The van der Waals surface area contributed by atoms with Gasteiger partial charge in [-0.1, -0.05) is 0 Å². The van der Waals surface area contributed by atoms with E-state index in [0.717, 1.165) is 37.5 Å². The molecule has 2 saturated heterocycles. The monoisotopic (exact) mass is 363 g/mol. The number of thiophene rings is 1. The molecule has 5 nitrogen and oxygen atoms in total. The van der Waals surface area contributed by atoms with Gasteiger partial charge < -0.3 is 10.1 Å². The first kappa shape index (κ1) is 16.2. The Morgan fingerprint density at radius 3 is 3.12 bits per heavy atom. The number of likely N-dealkylation sites (tertiary alicyclic amines) is 1. The normalized spacial score (nSPS) is 26.6. The molecule has 2 aliphatic heterocycles. The zero-order valence-corrected chi connectivity index (χ0v) is 15.2. The molecular formula is C17H21N3O2S2. The first-order valence-corrected chi connectivity index (χ1v) is 10.1. The number of hydrogen-bond donors (Lipinski definition) is 1. The summed E-state index contributed by atoms with van der Waals surface area (Å²) in [7, 11) is 0. The summed E-state index contributed by atoms with van der Waals surface area (Å²) in [6.07, 6.45) is 0.300. The third kappa shape index (κ3) is 3.39. The summed E-state index contributed by atoms with van der Waals surface area (Å²) in [5.41, 5.74) is 1.85. The number of aromatic nitrogens is 1. The minimum Gasteiger partial charge on any atom is -0.376 e. The SMILES string of the molecule is Cc1csc(CN2C[C@H]3[C@H](CNC(=O)c4ccsc4)CO[C@H]3C2)n1. The molecule has 24 heavy (non-hydrogen) atoms. The highest BCUT2D eigenvalue weighted by molar-refractivity contribution is 7.09. The molecule has 0 saturated carbocycles. The second-order valence-electron chi connectivity index (χ2n) is 6.59. The Kier molecular flexibility index (Phi) is 4.67. The second-order valence-corrected chi connectivity index (χ2v) is 8.32. The van der Waals surface area contributed by atoms with Crippen LogP contribution in [0.15, 0.2) is 22.2 Å². The van der Waals surface area contributed by atoms with Crippen LogP contribution in [0.5, 0.6) is 0 Å². The quantitative estimate of drug-likeness (QED) is 0.886. The van der Waals surface area contributed by atoms with Crippen LogP contribution in [0.4, 0.5) is 0 Å². The minimum absolute atomic E-state index is 0.0211. The van der Waals surface area contributed by atoms with Crippen LogP contribution in [-0.2, 0) is 11.3 Å². The van der Waals surface area contributed by atoms with Gasteiger partial charge in [0.05, 0.1) is 19.3 Å². The predicted molar refractivity (Wildman–Crippen MR) is 95.5 cm³/mol. The highest BCUT2D eigenvalue weighted by Crippen LogP contribution is 2.34. The Bertz CT molecular complexity index is 701. The molecule has 0 spiro atoms. The standard InChI is InChI=1S/C17H21N3O2S2/c1-11-9-24-16(19-11)7-20-5-14-13(8-22-15(14)6-20)4-18-17(21)12-2-3-23-10-12/h2-3,9-10,13-15H,4-8H2,1H3,(H,18,21)/t13-,14+,15+/m1/s1. The number of carbonyl (C=O) groups is 1. The fourth-order valence-electron chi connectivity index (χ4n) is 3.61. The van der Waals surface area contributed by atoms with Gasteiger partial charge >= 0.3 is 0 Å². The lowest BCUT2D eigenvalue weighted by Gasteiger charge is -2.19. The molecule has 2 aromatic rings. The van der Waals surface area contributed by atoms with Crippen LogP contribution in [0.3, 0.4) is 0 Å². The molecule has 0 unspecified atom stereocenters. The van der Waals surface area contributed by atoms with Crippen LogP contribution < -0.4 is 5.32 Å². The van der Waals surface area contributed by atoms with E-state index in [1.807, 2.05) is 23.8 Å². The van der Waals surface area contributed by atoms with Crippen LogP contribution in [0.1, 0.15) is 21.1 Å². The first-order valence-electron chi connectivity index (χ1n) is 8.24. The van der Waals surface area contributed by atoms with E-state index in [0.29, 0.717) is 24.5 Å². The number of hydrogen-bond acceptors (Lipinski definition) is 6.